The van der Waals surface area contributed by atoms with Gasteiger partial charge in [-0.05, 0) is 49.1 Å². The van der Waals surface area contributed by atoms with Gasteiger partial charge in [-0.15, -0.1) is 0 Å². The molecule has 0 heterocycles. The summed E-state index contributed by atoms with van der Waals surface area (Å²) in [5, 5.41) is 11.1. The van der Waals surface area contributed by atoms with E-state index in [0.29, 0.717) is 17.9 Å². The average molecular weight is 446 g/mol. The van der Waals surface area contributed by atoms with E-state index in [1.807, 2.05) is 24.3 Å². The van der Waals surface area contributed by atoms with Crippen molar-refractivity contribution < 1.29 is 9.84 Å². The van der Waals surface area contributed by atoms with Crippen molar-refractivity contribution in [2.45, 2.75) is 58.3 Å². The van der Waals surface area contributed by atoms with Crippen molar-refractivity contribution in [3.05, 3.63) is 53.6 Å². The number of rotatable bonds is 13. The normalized spacial score (nSPS) is 11.2. The molecule has 0 spiro atoms. The second-order valence-corrected chi connectivity index (χ2v) is 7.85. The van der Waals surface area contributed by atoms with Gasteiger partial charge in [-0.25, -0.2) is 0 Å². The Labute approximate surface area is 178 Å². The molecule has 0 atom stereocenters. The van der Waals surface area contributed by atoms with Gasteiger partial charge in [0, 0.05) is 23.2 Å². The number of unbranched alkanes of at least 4 members (excludes halogenated alkanes) is 5. The number of phenols is 1. The third-order valence-corrected chi connectivity index (χ3v) is 5.22. The van der Waals surface area contributed by atoms with Crippen LogP contribution >= 0.6 is 15.9 Å². The molecule has 0 bridgehead atoms. The Morgan fingerprint density at radius 1 is 0.964 bits per heavy atom. The Bertz CT molecular complexity index is 713. The first kappa shape index (κ1) is 22.5. The number of alkyl halides is 1. The predicted molar refractivity (Wildman–Crippen MR) is 123 cm³/mol. The fourth-order valence-electron chi connectivity index (χ4n) is 2.97. The molecule has 0 aliphatic rings. The zero-order valence-corrected chi connectivity index (χ0v) is 18.5. The minimum Gasteiger partial charge on any atom is -0.507 e. The lowest BCUT2D eigenvalue weighted by molar-refractivity contribution is 0.317. The van der Waals surface area contributed by atoms with E-state index < -0.39 is 0 Å². The summed E-state index contributed by atoms with van der Waals surface area (Å²) in [6.07, 6.45) is 11.7. The Balaban J connectivity index is 1.82. The van der Waals surface area contributed by atoms with Gasteiger partial charge >= 0.3 is 0 Å². The molecule has 28 heavy (non-hydrogen) atoms. The minimum atomic E-state index is 0.180. The molecular formula is C24H32BrNO2. The van der Waals surface area contributed by atoms with Crippen molar-refractivity contribution in [1.29, 1.82) is 0 Å². The Morgan fingerprint density at radius 2 is 1.71 bits per heavy atom. The molecule has 0 aromatic heterocycles. The van der Waals surface area contributed by atoms with Crippen molar-refractivity contribution in [1.82, 2.24) is 0 Å². The number of halogens is 1. The molecule has 0 amide bonds. The highest BCUT2D eigenvalue weighted by Gasteiger charge is 2.02. The van der Waals surface area contributed by atoms with Gasteiger partial charge in [-0.1, -0.05) is 67.1 Å². The topological polar surface area (TPSA) is 41.8 Å². The van der Waals surface area contributed by atoms with Crippen LogP contribution in [0.15, 0.2) is 47.5 Å². The summed E-state index contributed by atoms with van der Waals surface area (Å²) in [6.45, 7) is 2.88. The van der Waals surface area contributed by atoms with Crippen LogP contribution in [0.5, 0.6) is 11.5 Å². The summed E-state index contributed by atoms with van der Waals surface area (Å²) in [4.78, 5) is 4.48. The summed E-state index contributed by atoms with van der Waals surface area (Å²) in [5.74, 6) is 0.856. The van der Waals surface area contributed by atoms with Crippen LogP contribution in [0.1, 0.15) is 63.0 Å². The molecule has 152 valence electrons. The fourth-order valence-corrected chi connectivity index (χ4v) is 3.20. The molecule has 0 aliphatic carbocycles. The van der Waals surface area contributed by atoms with E-state index in [-0.39, 0.29) is 5.75 Å². The van der Waals surface area contributed by atoms with E-state index in [0.717, 1.165) is 23.9 Å². The fraction of sp³-hybridized carbons (Fsp3) is 0.458. The number of hydrogen-bond donors (Lipinski definition) is 1. The highest BCUT2D eigenvalue weighted by atomic mass is 79.9. The van der Waals surface area contributed by atoms with Crippen LogP contribution < -0.4 is 4.74 Å². The van der Waals surface area contributed by atoms with Crippen molar-refractivity contribution in [3.8, 4) is 11.5 Å². The largest absolute Gasteiger partial charge is 0.507 e. The zero-order valence-electron chi connectivity index (χ0n) is 16.9. The molecule has 1 N–H and O–H groups in total. The van der Waals surface area contributed by atoms with Crippen molar-refractivity contribution in [2.75, 3.05) is 11.9 Å². The second-order valence-electron chi connectivity index (χ2n) is 7.05. The molecule has 4 heteroatoms. The monoisotopic (exact) mass is 445 g/mol. The van der Waals surface area contributed by atoms with Crippen LogP contribution in [-0.4, -0.2) is 23.3 Å². The van der Waals surface area contributed by atoms with E-state index >= 15 is 0 Å². The van der Waals surface area contributed by atoms with Crippen molar-refractivity contribution >= 4 is 27.8 Å². The summed E-state index contributed by atoms with van der Waals surface area (Å²) >= 11 is 3.37. The second kappa shape index (κ2) is 13.4. The summed E-state index contributed by atoms with van der Waals surface area (Å²) in [5.41, 5.74) is 2.94. The highest BCUT2D eigenvalue weighted by molar-refractivity contribution is 9.09. The van der Waals surface area contributed by atoms with Gasteiger partial charge in [0.2, 0.25) is 0 Å². The number of benzene rings is 2. The van der Waals surface area contributed by atoms with Gasteiger partial charge in [0.15, 0.2) is 0 Å². The van der Waals surface area contributed by atoms with Crippen LogP contribution in [-0.2, 0) is 6.42 Å². The van der Waals surface area contributed by atoms with E-state index in [1.54, 1.807) is 12.3 Å². The maximum absolute atomic E-state index is 10.2. The number of phenolic OH excluding ortho intramolecular Hbond substituents is 1. The molecule has 0 saturated carbocycles. The van der Waals surface area contributed by atoms with E-state index in [1.165, 1.54) is 44.1 Å². The van der Waals surface area contributed by atoms with Gasteiger partial charge in [0.05, 0.1) is 12.3 Å². The van der Waals surface area contributed by atoms with Gasteiger partial charge in [0.1, 0.15) is 11.5 Å². The Morgan fingerprint density at radius 3 is 2.43 bits per heavy atom. The lowest BCUT2D eigenvalue weighted by Crippen LogP contribution is -1.97. The number of hydrogen-bond acceptors (Lipinski definition) is 3. The van der Waals surface area contributed by atoms with Crippen molar-refractivity contribution in [3.63, 3.8) is 0 Å². The number of nitrogens with zero attached hydrogens (tertiary/aromatic N) is 1. The number of ether oxygens (including phenoxy) is 1. The standard InChI is InChI=1S/C24H32BrNO2/c1-2-3-4-5-6-7-9-20-10-13-22(14-11-20)26-19-21-12-15-23(18-24(21)27)28-17-8-16-25/h10-15,18-19,27H,2-9,16-17H2,1H3. The van der Waals surface area contributed by atoms with Crippen LogP contribution in [0.25, 0.3) is 0 Å². The molecule has 0 fully saturated rings. The predicted octanol–water partition coefficient (Wildman–Crippen LogP) is 7.21. The van der Waals surface area contributed by atoms with Crippen LogP contribution in [0.4, 0.5) is 5.69 Å². The third-order valence-electron chi connectivity index (χ3n) is 4.66. The Kier molecular flexibility index (Phi) is 10.7. The molecule has 0 radical (unpaired) electrons. The van der Waals surface area contributed by atoms with Crippen LogP contribution in [0.2, 0.25) is 0 Å². The van der Waals surface area contributed by atoms with E-state index in [4.69, 9.17) is 4.74 Å². The first-order chi connectivity index (χ1) is 13.7. The number of aliphatic imine (C=N–C) groups is 1. The summed E-state index contributed by atoms with van der Waals surface area (Å²) in [7, 11) is 0. The average Bonchev–Trinajstić information content (AvgIpc) is 2.71. The first-order valence-corrected chi connectivity index (χ1v) is 11.5. The molecule has 2 aromatic rings. The third kappa shape index (κ3) is 8.47. The molecule has 3 nitrogen and oxygen atoms in total. The molecule has 2 rings (SSSR count). The highest BCUT2D eigenvalue weighted by Crippen LogP contribution is 2.23. The zero-order chi connectivity index (χ0) is 20.0. The van der Waals surface area contributed by atoms with Crippen LogP contribution in [0.3, 0.4) is 0 Å². The van der Waals surface area contributed by atoms with Gasteiger partial charge in [0.25, 0.3) is 0 Å². The Hall–Kier alpha value is -1.81. The molecule has 2 aromatic carbocycles. The lowest BCUT2D eigenvalue weighted by atomic mass is 10.0. The van der Waals surface area contributed by atoms with Crippen molar-refractivity contribution in [2.24, 2.45) is 4.99 Å². The van der Waals surface area contributed by atoms with Gasteiger partial charge in [-0.3, -0.25) is 4.99 Å². The number of aryl methyl sites for hydroxylation is 1. The molecule has 0 aliphatic heterocycles. The smallest absolute Gasteiger partial charge is 0.128 e. The van der Waals surface area contributed by atoms with Crippen LogP contribution in [0, 0.1) is 0 Å². The first-order valence-electron chi connectivity index (χ1n) is 10.4. The van der Waals surface area contributed by atoms with Gasteiger partial charge < -0.3 is 9.84 Å². The quantitative estimate of drug-likeness (QED) is 0.201. The van der Waals surface area contributed by atoms with E-state index in [2.05, 4.69) is 40.0 Å². The van der Waals surface area contributed by atoms with E-state index in [9.17, 15) is 5.11 Å². The summed E-state index contributed by atoms with van der Waals surface area (Å²) in [6, 6.07) is 13.7. The molecular weight excluding hydrogens is 414 g/mol. The molecule has 0 unspecified atom stereocenters. The maximum Gasteiger partial charge on any atom is 0.128 e. The SMILES string of the molecule is CCCCCCCCc1ccc(N=Cc2ccc(OCCCBr)cc2O)cc1. The number of aromatic hydroxyl groups is 1. The maximum atomic E-state index is 10.2. The summed E-state index contributed by atoms with van der Waals surface area (Å²) < 4.78 is 5.58. The van der Waals surface area contributed by atoms with Gasteiger partial charge in [-0.2, -0.15) is 0 Å². The minimum absolute atomic E-state index is 0.180. The molecule has 0 saturated heterocycles. The lowest BCUT2D eigenvalue weighted by Gasteiger charge is -2.06.